The highest BCUT2D eigenvalue weighted by Crippen LogP contribution is 2.36. The minimum atomic E-state index is -4.72. The molecule has 0 bridgehead atoms. The number of rotatable bonds is 4. The number of hydrogen-bond donors (Lipinski definition) is 0. The number of benzene rings is 3. The number of nitro groups is 1. The Morgan fingerprint density at radius 3 is 2.32 bits per heavy atom. The van der Waals surface area contributed by atoms with E-state index in [1.807, 2.05) is 0 Å². The van der Waals surface area contributed by atoms with Gasteiger partial charge >= 0.3 is 6.18 Å². The third kappa shape index (κ3) is 4.48. The van der Waals surface area contributed by atoms with Crippen LogP contribution in [0.1, 0.15) is 47.8 Å². The van der Waals surface area contributed by atoms with Crippen LogP contribution in [-0.2, 0) is 6.18 Å². The van der Waals surface area contributed by atoms with Gasteiger partial charge in [-0.1, -0.05) is 11.6 Å². The Bertz CT molecular complexity index is 1540. The van der Waals surface area contributed by atoms with Crippen LogP contribution in [0.4, 0.5) is 18.9 Å². The molecule has 0 fully saturated rings. The number of alkyl halides is 3. The normalized spacial score (nSPS) is 12.8. The highest BCUT2D eigenvalue weighted by Gasteiger charge is 2.42. The fourth-order valence-corrected chi connectivity index (χ4v) is 3.76. The lowest BCUT2D eigenvalue weighted by molar-refractivity contribution is -0.385. The molecule has 3 amide bonds. The number of amides is 3. The predicted octanol–water partition coefficient (Wildman–Crippen LogP) is 5.68. The zero-order valence-electron chi connectivity index (χ0n) is 18.4. The number of halogens is 4. The monoisotopic (exact) mass is 529 g/mol. The van der Waals surface area contributed by atoms with Crippen LogP contribution in [0.3, 0.4) is 0 Å². The van der Waals surface area contributed by atoms with Crippen molar-refractivity contribution >= 4 is 35.0 Å². The van der Waals surface area contributed by atoms with Gasteiger partial charge in [0.1, 0.15) is 23.1 Å². The Kier molecular flexibility index (Phi) is 6.18. The molecule has 0 unspecified atom stereocenters. The second kappa shape index (κ2) is 9.03. The highest BCUT2D eigenvalue weighted by atomic mass is 35.5. The van der Waals surface area contributed by atoms with Crippen LogP contribution < -0.4 is 4.74 Å². The summed E-state index contributed by atoms with van der Waals surface area (Å²) in [6.45, 7) is 1.58. The molecule has 1 aliphatic rings. The predicted molar refractivity (Wildman–Crippen MR) is 120 cm³/mol. The standard InChI is InChI=1S/C24H11ClF3N3O6/c1-11-6-15-16(9-18(11)25)22(33)30(21(15)32)23(34)17-8-14(3-4-19(17)31(35)36)37-20-5-2-13(24(26,27)28)7-12(20)10-29/h2-9H,1H3. The molecule has 0 saturated carbocycles. The average molecular weight is 530 g/mol. The fourth-order valence-electron chi connectivity index (χ4n) is 3.59. The van der Waals surface area contributed by atoms with Crippen molar-refractivity contribution in [3.63, 3.8) is 0 Å². The van der Waals surface area contributed by atoms with Crippen LogP contribution in [0.2, 0.25) is 5.02 Å². The van der Waals surface area contributed by atoms with E-state index < -0.39 is 51.2 Å². The molecule has 4 rings (SSSR count). The summed E-state index contributed by atoms with van der Waals surface area (Å²) in [5.74, 6) is -3.98. The second-order valence-electron chi connectivity index (χ2n) is 7.76. The zero-order chi connectivity index (χ0) is 27.2. The highest BCUT2D eigenvalue weighted by molar-refractivity contribution is 6.35. The Morgan fingerprint density at radius 1 is 1.08 bits per heavy atom. The number of ether oxygens (including phenoxy) is 1. The number of hydrogen-bond acceptors (Lipinski definition) is 7. The Labute approximate surface area is 210 Å². The van der Waals surface area contributed by atoms with Gasteiger partial charge in [-0.2, -0.15) is 18.4 Å². The average Bonchev–Trinajstić information content (AvgIpc) is 3.07. The van der Waals surface area contributed by atoms with Crippen LogP contribution in [0.5, 0.6) is 11.5 Å². The maximum absolute atomic E-state index is 13.2. The Morgan fingerprint density at radius 2 is 1.73 bits per heavy atom. The van der Waals surface area contributed by atoms with Crippen molar-refractivity contribution < 1.29 is 37.2 Å². The number of nitro benzene ring substituents is 1. The van der Waals surface area contributed by atoms with Crippen molar-refractivity contribution in [3.8, 4) is 17.6 Å². The lowest BCUT2D eigenvalue weighted by Gasteiger charge is -2.14. The van der Waals surface area contributed by atoms with Crippen LogP contribution in [0, 0.1) is 28.4 Å². The number of nitriles is 1. The Hall–Kier alpha value is -4.76. The van der Waals surface area contributed by atoms with E-state index >= 15 is 0 Å². The van der Waals surface area contributed by atoms with E-state index in [0.717, 1.165) is 24.3 Å². The topological polar surface area (TPSA) is 131 Å². The maximum atomic E-state index is 13.2. The number of carbonyl (C=O) groups is 3. The summed E-state index contributed by atoms with van der Waals surface area (Å²) in [5, 5.41) is 21.0. The molecule has 13 heteroatoms. The molecule has 37 heavy (non-hydrogen) atoms. The number of nitrogens with zero attached hydrogens (tertiary/aromatic N) is 3. The molecule has 0 spiro atoms. The van der Waals surface area contributed by atoms with Crippen molar-refractivity contribution in [1.29, 1.82) is 5.26 Å². The number of fused-ring (bicyclic) bond motifs is 1. The fraction of sp³-hybridized carbons (Fsp3) is 0.0833. The third-order valence-electron chi connectivity index (χ3n) is 5.42. The first kappa shape index (κ1) is 25.3. The maximum Gasteiger partial charge on any atom is 0.416 e. The molecule has 1 aliphatic heterocycles. The molecule has 186 valence electrons. The summed E-state index contributed by atoms with van der Waals surface area (Å²) in [7, 11) is 0. The van der Waals surface area contributed by atoms with Crippen molar-refractivity contribution in [3.05, 3.63) is 97.0 Å². The molecule has 0 radical (unpaired) electrons. The van der Waals surface area contributed by atoms with Crippen LogP contribution in [0.15, 0.2) is 48.5 Å². The lowest BCUT2D eigenvalue weighted by atomic mass is 10.1. The van der Waals surface area contributed by atoms with Crippen molar-refractivity contribution in [2.45, 2.75) is 13.1 Å². The summed E-state index contributed by atoms with van der Waals surface area (Å²) in [6, 6.07) is 8.93. The van der Waals surface area contributed by atoms with E-state index in [1.165, 1.54) is 12.1 Å². The zero-order valence-corrected chi connectivity index (χ0v) is 19.2. The van der Waals surface area contributed by atoms with Crippen molar-refractivity contribution in [2.75, 3.05) is 0 Å². The molecular weight excluding hydrogens is 519 g/mol. The van der Waals surface area contributed by atoms with E-state index in [2.05, 4.69) is 0 Å². The van der Waals surface area contributed by atoms with E-state index in [1.54, 1.807) is 13.0 Å². The molecule has 3 aromatic rings. The van der Waals surface area contributed by atoms with E-state index in [-0.39, 0.29) is 32.5 Å². The second-order valence-corrected chi connectivity index (χ2v) is 8.16. The van der Waals surface area contributed by atoms with Gasteiger partial charge in [-0.25, -0.2) is 4.90 Å². The Balaban J connectivity index is 1.74. The van der Waals surface area contributed by atoms with E-state index in [9.17, 15) is 42.9 Å². The van der Waals surface area contributed by atoms with Crippen LogP contribution in [-0.4, -0.2) is 27.5 Å². The molecule has 0 N–H and O–H groups in total. The molecular formula is C24H11ClF3N3O6. The van der Waals surface area contributed by atoms with Gasteiger partial charge in [0.05, 0.1) is 27.2 Å². The number of aryl methyl sites for hydroxylation is 1. The van der Waals surface area contributed by atoms with Gasteiger partial charge in [0.25, 0.3) is 23.4 Å². The van der Waals surface area contributed by atoms with Gasteiger partial charge in [-0.3, -0.25) is 24.5 Å². The first-order valence-corrected chi connectivity index (χ1v) is 10.5. The first-order valence-electron chi connectivity index (χ1n) is 10.1. The largest absolute Gasteiger partial charge is 0.456 e. The van der Waals surface area contributed by atoms with E-state index in [0.29, 0.717) is 17.7 Å². The van der Waals surface area contributed by atoms with Gasteiger partial charge in [0.2, 0.25) is 0 Å². The number of carbonyl (C=O) groups excluding carboxylic acids is 3. The van der Waals surface area contributed by atoms with Gasteiger partial charge in [0, 0.05) is 17.2 Å². The van der Waals surface area contributed by atoms with Crippen molar-refractivity contribution in [1.82, 2.24) is 4.90 Å². The molecule has 1 heterocycles. The number of imide groups is 3. The molecule has 0 saturated heterocycles. The summed E-state index contributed by atoms with van der Waals surface area (Å²) < 4.78 is 44.3. The minimum Gasteiger partial charge on any atom is -0.456 e. The van der Waals surface area contributed by atoms with Gasteiger partial charge < -0.3 is 4.74 Å². The first-order chi connectivity index (χ1) is 17.3. The quantitative estimate of drug-likeness (QED) is 0.241. The molecule has 0 atom stereocenters. The third-order valence-corrected chi connectivity index (χ3v) is 5.83. The molecule has 9 nitrogen and oxygen atoms in total. The van der Waals surface area contributed by atoms with Gasteiger partial charge in [-0.15, -0.1) is 0 Å². The summed E-state index contributed by atoms with van der Waals surface area (Å²) >= 11 is 6.02. The summed E-state index contributed by atoms with van der Waals surface area (Å²) in [5.41, 5.74) is -2.87. The van der Waals surface area contributed by atoms with Crippen molar-refractivity contribution in [2.24, 2.45) is 0 Å². The summed E-state index contributed by atoms with van der Waals surface area (Å²) in [6.07, 6.45) is -4.72. The molecule has 3 aromatic carbocycles. The van der Waals surface area contributed by atoms with Gasteiger partial charge in [-0.05, 0) is 48.9 Å². The summed E-state index contributed by atoms with van der Waals surface area (Å²) in [4.78, 5) is 49.8. The molecule has 0 aromatic heterocycles. The minimum absolute atomic E-state index is 0.112. The molecule has 0 aliphatic carbocycles. The van der Waals surface area contributed by atoms with Crippen LogP contribution >= 0.6 is 11.6 Å². The van der Waals surface area contributed by atoms with Crippen LogP contribution in [0.25, 0.3) is 0 Å². The van der Waals surface area contributed by atoms with E-state index in [4.69, 9.17) is 16.3 Å². The SMILES string of the molecule is Cc1cc2c(cc1Cl)C(=O)N(C(=O)c1cc(Oc3ccc(C(F)(F)F)cc3C#N)ccc1[N+](=O)[O-])C2=O. The lowest BCUT2D eigenvalue weighted by Crippen LogP contribution is -2.36. The smallest absolute Gasteiger partial charge is 0.416 e. The van der Waals surface area contributed by atoms with Gasteiger partial charge in [0.15, 0.2) is 0 Å².